The smallest absolute Gasteiger partial charge is 0.256 e. The van der Waals surface area contributed by atoms with Crippen molar-refractivity contribution in [2.75, 3.05) is 17.4 Å². The van der Waals surface area contributed by atoms with E-state index in [1.54, 1.807) is 30.5 Å². The number of fused-ring (bicyclic) bond motifs is 1. The Morgan fingerprint density at radius 1 is 1.07 bits per heavy atom. The Morgan fingerprint density at radius 3 is 2.74 bits per heavy atom. The number of pyridine rings is 1. The van der Waals surface area contributed by atoms with E-state index in [4.69, 9.17) is 9.47 Å². The summed E-state index contributed by atoms with van der Waals surface area (Å²) in [6.45, 7) is 2.99. The highest BCUT2D eigenvalue weighted by molar-refractivity contribution is 6.04. The molecule has 136 valence electrons. The average Bonchev–Trinajstić information content (AvgIpc) is 3.16. The summed E-state index contributed by atoms with van der Waals surface area (Å²) in [4.78, 5) is 16.7. The van der Waals surface area contributed by atoms with Crippen molar-refractivity contribution < 1.29 is 14.3 Å². The summed E-state index contributed by atoms with van der Waals surface area (Å²) in [6.07, 6.45) is 1.70. The van der Waals surface area contributed by atoms with E-state index in [1.807, 2.05) is 18.2 Å². The quantitative estimate of drug-likeness (QED) is 0.719. The maximum absolute atomic E-state index is 12.4. The van der Waals surface area contributed by atoms with Gasteiger partial charge in [-0.2, -0.15) is 0 Å². The molecule has 0 bridgehead atoms. The first-order chi connectivity index (χ1) is 13.2. The summed E-state index contributed by atoms with van der Waals surface area (Å²) >= 11 is 0. The summed E-state index contributed by atoms with van der Waals surface area (Å²) in [5, 5.41) is 6.12. The zero-order valence-corrected chi connectivity index (χ0v) is 14.9. The van der Waals surface area contributed by atoms with E-state index in [0.717, 1.165) is 12.2 Å². The van der Waals surface area contributed by atoms with Gasteiger partial charge in [-0.1, -0.05) is 24.3 Å². The highest BCUT2D eigenvalue weighted by Crippen LogP contribution is 2.32. The fourth-order valence-electron chi connectivity index (χ4n) is 2.80. The fraction of sp³-hybridized carbons (Fsp3) is 0.143. The number of benzene rings is 2. The molecular formula is C21H19N3O3. The number of nitrogens with one attached hydrogen (secondary N) is 2. The van der Waals surface area contributed by atoms with Crippen molar-refractivity contribution in [1.29, 1.82) is 0 Å². The van der Waals surface area contributed by atoms with Gasteiger partial charge >= 0.3 is 0 Å². The zero-order valence-electron chi connectivity index (χ0n) is 14.9. The van der Waals surface area contributed by atoms with Crippen LogP contribution in [0.4, 0.5) is 11.5 Å². The molecule has 6 heteroatoms. The number of aromatic nitrogens is 1. The standard InChI is InChI=1S/C21H19N3O3/c1-14-4-2-3-5-16(14)11-22-17-7-9-20(23-12-17)24-21(25)15-6-8-18-19(10-15)27-13-26-18/h2-10,12,22H,11,13H2,1H3,(H,23,24,25). The number of aryl methyl sites for hydroxylation is 1. The lowest BCUT2D eigenvalue weighted by atomic mass is 10.1. The second-order valence-electron chi connectivity index (χ2n) is 6.23. The first-order valence-corrected chi connectivity index (χ1v) is 8.64. The molecule has 4 rings (SSSR count). The van der Waals surface area contributed by atoms with Gasteiger partial charge in [0, 0.05) is 12.1 Å². The van der Waals surface area contributed by atoms with Gasteiger partial charge in [-0.15, -0.1) is 0 Å². The van der Waals surface area contributed by atoms with Crippen LogP contribution in [0.15, 0.2) is 60.8 Å². The maximum Gasteiger partial charge on any atom is 0.256 e. The van der Waals surface area contributed by atoms with Gasteiger partial charge in [-0.25, -0.2) is 4.98 Å². The number of hydrogen-bond acceptors (Lipinski definition) is 5. The van der Waals surface area contributed by atoms with Gasteiger partial charge < -0.3 is 20.1 Å². The third kappa shape index (κ3) is 3.84. The van der Waals surface area contributed by atoms with Crippen molar-refractivity contribution in [3.05, 3.63) is 77.5 Å². The second kappa shape index (κ2) is 7.37. The molecule has 0 saturated carbocycles. The molecule has 1 aliphatic heterocycles. The number of rotatable bonds is 5. The number of ether oxygens (including phenoxy) is 2. The van der Waals surface area contributed by atoms with Crippen LogP contribution in [0.1, 0.15) is 21.5 Å². The van der Waals surface area contributed by atoms with Crippen LogP contribution < -0.4 is 20.1 Å². The van der Waals surface area contributed by atoms with Crippen molar-refractivity contribution in [1.82, 2.24) is 4.98 Å². The highest BCUT2D eigenvalue weighted by Gasteiger charge is 2.16. The first-order valence-electron chi connectivity index (χ1n) is 8.64. The van der Waals surface area contributed by atoms with Gasteiger partial charge in [0.1, 0.15) is 5.82 Å². The molecule has 2 N–H and O–H groups in total. The minimum Gasteiger partial charge on any atom is -0.454 e. The van der Waals surface area contributed by atoms with E-state index in [9.17, 15) is 4.79 Å². The Kier molecular flexibility index (Phi) is 4.61. The SMILES string of the molecule is Cc1ccccc1CNc1ccc(NC(=O)c2ccc3c(c2)OCO3)nc1. The van der Waals surface area contributed by atoms with Gasteiger partial charge in [0.05, 0.1) is 11.9 Å². The van der Waals surface area contributed by atoms with E-state index < -0.39 is 0 Å². The van der Waals surface area contributed by atoms with Crippen LogP contribution in [0, 0.1) is 6.92 Å². The van der Waals surface area contributed by atoms with Crippen molar-refractivity contribution in [3.8, 4) is 11.5 Å². The van der Waals surface area contributed by atoms with E-state index in [0.29, 0.717) is 22.9 Å². The lowest BCUT2D eigenvalue weighted by molar-refractivity contribution is 0.102. The molecular weight excluding hydrogens is 342 g/mol. The van der Waals surface area contributed by atoms with Gasteiger partial charge in [-0.05, 0) is 48.4 Å². The normalized spacial score (nSPS) is 11.9. The molecule has 1 aliphatic rings. The third-order valence-corrected chi connectivity index (χ3v) is 4.38. The molecule has 1 amide bonds. The van der Waals surface area contributed by atoms with Crippen LogP contribution in [-0.4, -0.2) is 17.7 Å². The molecule has 0 spiro atoms. The van der Waals surface area contributed by atoms with Crippen LogP contribution in [0.2, 0.25) is 0 Å². The molecule has 0 radical (unpaired) electrons. The van der Waals surface area contributed by atoms with E-state index in [2.05, 4.69) is 34.7 Å². The third-order valence-electron chi connectivity index (χ3n) is 4.38. The molecule has 0 atom stereocenters. The Morgan fingerprint density at radius 2 is 1.93 bits per heavy atom. The summed E-state index contributed by atoms with van der Waals surface area (Å²) in [7, 11) is 0. The molecule has 27 heavy (non-hydrogen) atoms. The Labute approximate surface area is 157 Å². The number of hydrogen-bond donors (Lipinski definition) is 2. The van der Waals surface area contributed by atoms with E-state index in [1.165, 1.54) is 11.1 Å². The summed E-state index contributed by atoms with van der Waals surface area (Å²) < 4.78 is 10.6. The van der Waals surface area contributed by atoms with Crippen LogP contribution in [0.5, 0.6) is 11.5 Å². The molecule has 0 aliphatic carbocycles. The number of nitrogens with zero attached hydrogens (tertiary/aromatic N) is 1. The van der Waals surface area contributed by atoms with E-state index in [-0.39, 0.29) is 12.7 Å². The first kappa shape index (κ1) is 16.9. The minimum absolute atomic E-state index is 0.179. The number of carbonyl (C=O) groups excluding carboxylic acids is 1. The molecule has 2 aromatic carbocycles. The van der Waals surface area contributed by atoms with Crippen LogP contribution in [0.25, 0.3) is 0 Å². The molecule has 3 aromatic rings. The lowest BCUT2D eigenvalue weighted by Gasteiger charge is -2.10. The van der Waals surface area contributed by atoms with Crippen LogP contribution >= 0.6 is 0 Å². The topological polar surface area (TPSA) is 72.5 Å². The van der Waals surface area contributed by atoms with Crippen LogP contribution in [-0.2, 0) is 6.54 Å². The number of anilines is 2. The van der Waals surface area contributed by atoms with Crippen LogP contribution in [0.3, 0.4) is 0 Å². The molecule has 6 nitrogen and oxygen atoms in total. The van der Waals surface area contributed by atoms with Crippen molar-refractivity contribution in [2.45, 2.75) is 13.5 Å². The molecule has 0 fully saturated rings. The Bertz CT molecular complexity index is 971. The molecule has 1 aromatic heterocycles. The van der Waals surface area contributed by atoms with Crippen molar-refractivity contribution >= 4 is 17.4 Å². The summed E-state index contributed by atoms with van der Waals surface area (Å²) in [5.41, 5.74) is 3.85. The predicted octanol–water partition coefficient (Wildman–Crippen LogP) is 3.98. The molecule has 0 unspecified atom stereocenters. The van der Waals surface area contributed by atoms with Gasteiger partial charge in [0.15, 0.2) is 11.5 Å². The molecule has 0 saturated heterocycles. The molecule has 2 heterocycles. The monoisotopic (exact) mass is 361 g/mol. The van der Waals surface area contributed by atoms with E-state index >= 15 is 0 Å². The predicted molar refractivity (Wildman–Crippen MR) is 103 cm³/mol. The minimum atomic E-state index is -0.249. The lowest BCUT2D eigenvalue weighted by Crippen LogP contribution is -2.13. The number of amides is 1. The maximum atomic E-state index is 12.4. The zero-order chi connectivity index (χ0) is 18.6. The highest BCUT2D eigenvalue weighted by atomic mass is 16.7. The summed E-state index contributed by atoms with van der Waals surface area (Å²) in [5.74, 6) is 1.46. The van der Waals surface area contributed by atoms with Crippen molar-refractivity contribution in [2.24, 2.45) is 0 Å². The summed E-state index contributed by atoms with van der Waals surface area (Å²) in [6, 6.07) is 17.0. The number of carbonyl (C=O) groups is 1. The van der Waals surface area contributed by atoms with Crippen molar-refractivity contribution in [3.63, 3.8) is 0 Å². The largest absolute Gasteiger partial charge is 0.454 e. The Balaban J connectivity index is 1.37. The Hall–Kier alpha value is -3.54. The van der Waals surface area contributed by atoms with Gasteiger partial charge in [0.25, 0.3) is 5.91 Å². The average molecular weight is 361 g/mol. The fourth-order valence-corrected chi connectivity index (χ4v) is 2.80. The second-order valence-corrected chi connectivity index (χ2v) is 6.23. The van der Waals surface area contributed by atoms with Gasteiger partial charge in [-0.3, -0.25) is 4.79 Å². The van der Waals surface area contributed by atoms with Gasteiger partial charge in [0.2, 0.25) is 6.79 Å².